The first kappa shape index (κ1) is 19.1. The minimum Gasteiger partial charge on any atom is -0.256 e. The Morgan fingerprint density at radius 1 is 1.04 bits per heavy atom. The van der Waals surface area contributed by atoms with Crippen LogP contribution in [0.2, 0.25) is 0 Å². The molecular formula is C24H32FN. The fraction of sp³-hybridized carbons (Fsp3) is 0.542. The summed E-state index contributed by atoms with van der Waals surface area (Å²) in [6, 6.07) is 9.91. The van der Waals surface area contributed by atoms with Crippen LogP contribution < -0.4 is 0 Å². The standard InChI is InChI=1S/C24H32FN/c1-3-5-6-8-19-12-15-22(23(25)17-19)24-21(9-7-16-26-24)20-13-10-18(4-2)11-14-20/h7,9,12,15-18,20H,3-6,8,10-11,13-14H2,1-2H3. The van der Waals surface area contributed by atoms with Crippen LogP contribution in [0.15, 0.2) is 36.5 Å². The molecule has 140 valence electrons. The molecule has 1 nitrogen and oxygen atoms in total. The first-order chi connectivity index (χ1) is 12.7. The number of unbranched alkanes of at least 4 members (excludes halogenated alkanes) is 2. The monoisotopic (exact) mass is 353 g/mol. The summed E-state index contributed by atoms with van der Waals surface area (Å²) in [6.07, 6.45) is 12.5. The molecule has 3 rings (SSSR count). The van der Waals surface area contributed by atoms with Gasteiger partial charge in [0.1, 0.15) is 5.82 Å². The molecule has 0 N–H and O–H groups in total. The largest absolute Gasteiger partial charge is 0.256 e. The van der Waals surface area contributed by atoms with E-state index < -0.39 is 0 Å². The van der Waals surface area contributed by atoms with Gasteiger partial charge in [-0.1, -0.05) is 45.2 Å². The molecule has 1 aromatic heterocycles. The van der Waals surface area contributed by atoms with Crippen molar-refractivity contribution in [3.8, 4) is 11.3 Å². The molecule has 2 aromatic rings. The summed E-state index contributed by atoms with van der Waals surface area (Å²) < 4.78 is 14.9. The van der Waals surface area contributed by atoms with Crippen molar-refractivity contribution in [2.24, 2.45) is 5.92 Å². The van der Waals surface area contributed by atoms with Crippen LogP contribution in [0.4, 0.5) is 4.39 Å². The van der Waals surface area contributed by atoms with Crippen molar-refractivity contribution in [2.45, 2.75) is 77.6 Å². The molecule has 1 aromatic carbocycles. The van der Waals surface area contributed by atoms with Gasteiger partial charge in [0, 0.05) is 11.8 Å². The minimum absolute atomic E-state index is 0.124. The SMILES string of the molecule is CCCCCc1ccc(-c2ncccc2C2CCC(CC)CC2)c(F)c1. The van der Waals surface area contributed by atoms with Crippen molar-refractivity contribution < 1.29 is 4.39 Å². The molecule has 26 heavy (non-hydrogen) atoms. The fourth-order valence-electron chi connectivity index (χ4n) is 4.34. The summed E-state index contributed by atoms with van der Waals surface area (Å²) in [6.45, 7) is 4.48. The van der Waals surface area contributed by atoms with Crippen LogP contribution in [0.3, 0.4) is 0 Å². The topological polar surface area (TPSA) is 12.9 Å². The Morgan fingerprint density at radius 2 is 1.85 bits per heavy atom. The van der Waals surface area contributed by atoms with Crippen molar-refractivity contribution in [2.75, 3.05) is 0 Å². The summed E-state index contributed by atoms with van der Waals surface area (Å²) in [5.41, 5.74) is 3.85. The number of aryl methyl sites for hydroxylation is 1. The Bertz CT molecular complexity index is 701. The first-order valence-electron chi connectivity index (χ1n) is 10.5. The number of nitrogens with zero attached hydrogens (tertiary/aromatic N) is 1. The number of rotatable bonds is 7. The van der Waals surface area contributed by atoms with Gasteiger partial charge in [0.15, 0.2) is 0 Å². The Hall–Kier alpha value is -1.70. The number of pyridine rings is 1. The van der Waals surface area contributed by atoms with Gasteiger partial charge in [-0.05, 0) is 79.7 Å². The summed E-state index contributed by atoms with van der Waals surface area (Å²) in [4.78, 5) is 4.59. The number of benzene rings is 1. The predicted octanol–water partition coefficient (Wildman–Crippen LogP) is 7.30. The second-order valence-electron chi connectivity index (χ2n) is 7.84. The predicted molar refractivity (Wildman–Crippen MR) is 108 cm³/mol. The third kappa shape index (κ3) is 4.52. The van der Waals surface area contributed by atoms with Gasteiger partial charge in [0.2, 0.25) is 0 Å². The van der Waals surface area contributed by atoms with E-state index in [-0.39, 0.29) is 5.82 Å². The van der Waals surface area contributed by atoms with Crippen LogP contribution in [-0.2, 0) is 6.42 Å². The first-order valence-corrected chi connectivity index (χ1v) is 10.5. The lowest BCUT2D eigenvalue weighted by Gasteiger charge is -2.29. The van der Waals surface area contributed by atoms with Crippen LogP contribution in [0.1, 0.15) is 82.3 Å². The van der Waals surface area contributed by atoms with Crippen LogP contribution in [0.25, 0.3) is 11.3 Å². The molecule has 0 radical (unpaired) electrons. The fourth-order valence-corrected chi connectivity index (χ4v) is 4.34. The quantitative estimate of drug-likeness (QED) is 0.476. The molecule has 0 bridgehead atoms. The minimum atomic E-state index is -0.124. The second kappa shape index (κ2) is 9.30. The van der Waals surface area contributed by atoms with E-state index in [9.17, 15) is 4.39 Å². The van der Waals surface area contributed by atoms with E-state index in [4.69, 9.17) is 0 Å². The average Bonchev–Trinajstić information content (AvgIpc) is 2.68. The zero-order valence-electron chi connectivity index (χ0n) is 16.3. The van der Waals surface area contributed by atoms with Crippen molar-refractivity contribution >= 4 is 0 Å². The molecule has 0 atom stereocenters. The maximum Gasteiger partial charge on any atom is 0.132 e. The third-order valence-corrected chi connectivity index (χ3v) is 6.06. The van der Waals surface area contributed by atoms with Crippen LogP contribution in [0.5, 0.6) is 0 Å². The van der Waals surface area contributed by atoms with E-state index in [0.29, 0.717) is 11.5 Å². The Morgan fingerprint density at radius 3 is 2.54 bits per heavy atom. The van der Waals surface area contributed by atoms with Gasteiger partial charge in [-0.15, -0.1) is 0 Å². The average molecular weight is 354 g/mol. The van der Waals surface area contributed by atoms with Gasteiger partial charge in [-0.25, -0.2) is 4.39 Å². The molecule has 0 aliphatic heterocycles. The van der Waals surface area contributed by atoms with Gasteiger partial charge < -0.3 is 0 Å². The second-order valence-corrected chi connectivity index (χ2v) is 7.84. The summed E-state index contributed by atoms with van der Waals surface area (Å²) in [7, 11) is 0. The number of aromatic nitrogens is 1. The van der Waals surface area contributed by atoms with E-state index in [1.807, 2.05) is 12.1 Å². The van der Waals surface area contributed by atoms with Gasteiger partial charge in [0.25, 0.3) is 0 Å². The van der Waals surface area contributed by atoms with E-state index >= 15 is 0 Å². The van der Waals surface area contributed by atoms with Gasteiger partial charge in [-0.2, -0.15) is 0 Å². The number of halogens is 1. The number of hydrogen-bond donors (Lipinski definition) is 0. The number of hydrogen-bond acceptors (Lipinski definition) is 1. The highest BCUT2D eigenvalue weighted by molar-refractivity contribution is 5.65. The maximum atomic E-state index is 14.9. The van der Waals surface area contributed by atoms with E-state index in [0.717, 1.165) is 30.0 Å². The van der Waals surface area contributed by atoms with E-state index in [1.165, 1.54) is 50.5 Å². The lowest BCUT2D eigenvalue weighted by Crippen LogP contribution is -2.13. The lowest BCUT2D eigenvalue weighted by atomic mass is 9.77. The molecule has 1 saturated carbocycles. The summed E-state index contributed by atoms with van der Waals surface area (Å²) >= 11 is 0. The summed E-state index contributed by atoms with van der Waals surface area (Å²) in [5.74, 6) is 1.26. The van der Waals surface area contributed by atoms with Crippen molar-refractivity contribution in [3.05, 3.63) is 53.5 Å². The highest BCUT2D eigenvalue weighted by Gasteiger charge is 2.24. The van der Waals surface area contributed by atoms with Crippen molar-refractivity contribution in [3.63, 3.8) is 0 Å². The summed E-state index contributed by atoms with van der Waals surface area (Å²) in [5, 5.41) is 0. The Balaban J connectivity index is 1.81. The third-order valence-electron chi connectivity index (χ3n) is 6.06. The zero-order chi connectivity index (χ0) is 18.4. The highest BCUT2D eigenvalue weighted by Crippen LogP contribution is 2.40. The normalized spacial score (nSPS) is 20.3. The van der Waals surface area contributed by atoms with Gasteiger partial charge >= 0.3 is 0 Å². The maximum absolute atomic E-state index is 14.9. The molecule has 0 amide bonds. The molecule has 0 spiro atoms. The molecule has 1 fully saturated rings. The van der Waals surface area contributed by atoms with Crippen molar-refractivity contribution in [1.29, 1.82) is 0 Å². The molecule has 0 unspecified atom stereocenters. The van der Waals surface area contributed by atoms with Crippen molar-refractivity contribution in [1.82, 2.24) is 4.98 Å². The molecule has 1 heterocycles. The molecule has 1 aliphatic carbocycles. The lowest BCUT2D eigenvalue weighted by molar-refractivity contribution is 0.319. The molecule has 0 saturated heterocycles. The highest BCUT2D eigenvalue weighted by atomic mass is 19.1. The Kier molecular flexibility index (Phi) is 6.82. The molecular weight excluding hydrogens is 321 g/mol. The van der Waals surface area contributed by atoms with Crippen LogP contribution in [-0.4, -0.2) is 4.98 Å². The van der Waals surface area contributed by atoms with Gasteiger partial charge in [0.05, 0.1) is 5.69 Å². The molecule has 2 heteroatoms. The smallest absolute Gasteiger partial charge is 0.132 e. The zero-order valence-corrected chi connectivity index (χ0v) is 16.3. The van der Waals surface area contributed by atoms with E-state index in [1.54, 1.807) is 12.3 Å². The van der Waals surface area contributed by atoms with Gasteiger partial charge in [-0.3, -0.25) is 4.98 Å². The van der Waals surface area contributed by atoms with Crippen LogP contribution in [0, 0.1) is 11.7 Å². The van der Waals surface area contributed by atoms with E-state index in [2.05, 4.69) is 31.0 Å². The molecule has 1 aliphatic rings. The Labute approximate surface area is 158 Å². The van der Waals surface area contributed by atoms with Crippen LogP contribution >= 0.6 is 0 Å².